The van der Waals surface area contributed by atoms with Crippen LogP contribution in [0.5, 0.6) is 5.75 Å². The van der Waals surface area contributed by atoms with Crippen LogP contribution in [0.1, 0.15) is 11.1 Å². The zero-order valence-corrected chi connectivity index (χ0v) is 18.7. The Balaban J connectivity index is 1.88. The van der Waals surface area contributed by atoms with Crippen LogP contribution in [-0.2, 0) is 21.4 Å². The van der Waals surface area contributed by atoms with Crippen LogP contribution >= 0.6 is 0 Å². The van der Waals surface area contributed by atoms with Gasteiger partial charge in [0.25, 0.3) is 0 Å². The number of sulfonamides is 1. The average molecular weight is 439 g/mol. The summed E-state index contributed by atoms with van der Waals surface area (Å²) in [5, 5.41) is 0. The van der Waals surface area contributed by atoms with Gasteiger partial charge in [-0.1, -0.05) is 48.0 Å². The molecule has 0 aliphatic carbocycles. The first-order valence-corrected chi connectivity index (χ1v) is 11.3. The maximum Gasteiger partial charge on any atom is 0.243 e. The van der Waals surface area contributed by atoms with E-state index < -0.39 is 10.0 Å². The highest BCUT2D eigenvalue weighted by Gasteiger charge is 2.28. The van der Waals surface area contributed by atoms with E-state index in [1.54, 1.807) is 62.7 Å². The Bertz CT molecular complexity index is 1110. The number of hydrogen-bond donors (Lipinski definition) is 0. The molecule has 7 heteroatoms. The first kappa shape index (κ1) is 22.5. The van der Waals surface area contributed by atoms with E-state index in [1.165, 1.54) is 9.21 Å². The number of carbonyl (C=O) groups excluding carboxylic acids is 1. The molecule has 0 aliphatic rings. The van der Waals surface area contributed by atoms with Crippen LogP contribution in [0.2, 0.25) is 0 Å². The minimum Gasteiger partial charge on any atom is -0.497 e. The van der Waals surface area contributed by atoms with Gasteiger partial charge >= 0.3 is 0 Å². The molecular formula is C24H26N2O4S. The number of carbonyl (C=O) groups is 1. The van der Waals surface area contributed by atoms with Gasteiger partial charge in [0.2, 0.25) is 15.9 Å². The van der Waals surface area contributed by atoms with Crippen molar-refractivity contribution in [2.45, 2.75) is 18.4 Å². The van der Waals surface area contributed by atoms with Gasteiger partial charge in [-0.2, -0.15) is 4.31 Å². The minimum atomic E-state index is -3.87. The molecule has 0 spiro atoms. The Morgan fingerprint density at radius 3 is 2.10 bits per heavy atom. The second-order valence-corrected chi connectivity index (χ2v) is 9.16. The number of benzene rings is 3. The van der Waals surface area contributed by atoms with E-state index in [2.05, 4.69) is 0 Å². The first-order valence-electron chi connectivity index (χ1n) is 9.82. The van der Waals surface area contributed by atoms with Crippen LogP contribution in [0, 0.1) is 6.92 Å². The maximum absolute atomic E-state index is 13.4. The summed E-state index contributed by atoms with van der Waals surface area (Å²) in [6.07, 6.45) is 0. The van der Waals surface area contributed by atoms with Crippen molar-refractivity contribution in [2.75, 3.05) is 25.6 Å². The van der Waals surface area contributed by atoms with E-state index >= 15 is 0 Å². The molecule has 3 aromatic carbocycles. The van der Waals surface area contributed by atoms with Gasteiger partial charge in [0, 0.05) is 19.3 Å². The van der Waals surface area contributed by atoms with E-state index in [9.17, 15) is 13.2 Å². The Morgan fingerprint density at radius 2 is 1.52 bits per heavy atom. The molecule has 0 N–H and O–H groups in total. The number of aryl methyl sites for hydroxylation is 1. The number of nitrogens with zero attached hydrogens (tertiary/aromatic N) is 2. The van der Waals surface area contributed by atoms with Gasteiger partial charge in [-0.15, -0.1) is 0 Å². The third-order valence-corrected chi connectivity index (χ3v) is 6.81. The SMILES string of the molecule is COc1ccc(N(C)C(=O)CN(Cc2ccccc2)S(=O)(=O)c2ccc(C)cc2)cc1. The van der Waals surface area contributed by atoms with Crippen molar-refractivity contribution in [1.29, 1.82) is 0 Å². The lowest BCUT2D eigenvalue weighted by Gasteiger charge is -2.25. The van der Waals surface area contributed by atoms with Gasteiger partial charge < -0.3 is 9.64 Å². The second-order valence-electron chi connectivity index (χ2n) is 7.22. The Morgan fingerprint density at radius 1 is 0.903 bits per heavy atom. The van der Waals surface area contributed by atoms with Gasteiger partial charge in [0.1, 0.15) is 5.75 Å². The summed E-state index contributed by atoms with van der Waals surface area (Å²) < 4.78 is 33.1. The minimum absolute atomic E-state index is 0.0965. The van der Waals surface area contributed by atoms with Crippen molar-refractivity contribution in [3.05, 3.63) is 90.0 Å². The summed E-state index contributed by atoms with van der Waals surface area (Å²) in [7, 11) is -0.673. The van der Waals surface area contributed by atoms with Crippen LogP contribution in [0.15, 0.2) is 83.8 Å². The summed E-state index contributed by atoms with van der Waals surface area (Å²) in [4.78, 5) is 14.6. The molecular weight excluding hydrogens is 412 g/mol. The normalized spacial score (nSPS) is 11.4. The lowest BCUT2D eigenvalue weighted by atomic mass is 10.2. The second kappa shape index (κ2) is 9.76. The molecule has 0 aliphatic heterocycles. The summed E-state index contributed by atoms with van der Waals surface area (Å²) in [6.45, 7) is 1.71. The van der Waals surface area contributed by atoms with Crippen molar-refractivity contribution in [2.24, 2.45) is 0 Å². The fourth-order valence-corrected chi connectivity index (χ4v) is 4.46. The summed E-state index contributed by atoms with van der Waals surface area (Å²) in [5.74, 6) is 0.342. The Labute approximate surface area is 183 Å². The average Bonchev–Trinajstić information content (AvgIpc) is 2.79. The molecule has 0 saturated carbocycles. The van der Waals surface area contributed by atoms with Crippen molar-refractivity contribution < 1.29 is 17.9 Å². The highest BCUT2D eigenvalue weighted by molar-refractivity contribution is 7.89. The molecule has 3 aromatic rings. The highest BCUT2D eigenvalue weighted by Crippen LogP contribution is 2.22. The fourth-order valence-electron chi connectivity index (χ4n) is 3.08. The zero-order chi connectivity index (χ0) is 22.4. The molecule has 0 radical (unpaired) electrons. The van der Waals surface area contributed by atoms with Crippen LogP contribution in [-0.4, -0.2) is 39.3 Å². The van der Waals surface area contributed by atoms with Crippen LogP contribution < -0.4 is 9.64 Å². The molecule has 6 nitrogen and oxygen atoms in total. The largest absolute Gasteiger partial charge is 0.497 e. The van der Waals surface area contributed by atoms with Crippen molar-refractivity contribution in [1.82, 2.24) is 4.31 Å². The van der Waals surface area contributed by atoms with Gasteiger partial charge in [-0.25, -0.2) is 8.42 Å². The van der Waals surface area contributed by atoms with Crippen LogP contribution in [0.4, 0.5) is 5.69 Å². The molecule has 31 heavy (non-hydrogen) atoms. The summed E-state index contributed by atoms with van der Waals surface area (Å²) >= 11 is 0. The number of anilines is 1. The molecule has 0 heterocycles. The van der Waals surface area contributed by atoms with Crippen molar-refractivity contribution in [3.8, 4) is 5.75 Å². The van der Waals surface area contributed by atoms with Gasteiger partial charge in [-0.05, 0) is 48.9 Å². The topological polar surface area (TPSA) is 66.9 Å². The van der Waals surface area contributed by atoms with Crippen LogP contribution in [0.3, 0.4) is 0 Å². The monoisotopic (exact) mass is 438 g/mol. The van der Waals surface area contributed by atoms with E-state index in [-0.39, 0.29) is 23.9 Å². The molecule has 0 fully saturated rings. The molecule has 0 atom stereocenters. The maximum atomic E-state index is 13.4. The third kappa shape index (κ3) is 5.51. The standard InChI is InChI=1S/C24H26N2O4S/c1-19-9-15-23(16-10-19)31(28,29)26(17-20-7-5-4-6-8-20)18-24(27)25(2)21-11-13-22(30-3)14-12-21/h4-16H,17-18H2,1-3H3. The van der Waals surface area contributed by atoms with Gasteiger partial charge in [0.05, 0.1) is 18.6 Å². The van der Waals surface area contributed by atoms with Crippen molar-refractivity contribution in [3.63, 3.8) is 0 Å². The van der Waals surface area contributed by atoms with Gasteiger partial charge in [0.15, 0.2) is 0 Å². The van der Waals surface area contributed by atoms with E-state index in [0.717, 1.165) is 11.1 Å². The predicted molar refractivity (Wildman–Crippen MR) is 122 cm³/mol. The lowest BCUT2D eigenvalue weighted by Crippen LogP contribution is -2.41. The number of likely N-dealkylation sites (N-methyl/N-ethyl adjacent to an activating group) is 1. The number of rotatable bonds is 8. The fraction of sp³-hybridized carbons (Fsp3) is 0.208. The molecule has 3 rings (SSSR count). The van der Waals surface area contributed by atoms with Crippen LogP contribution in [0.25, 0.3) is 0 Å². The number of methoxy groups -OCH3 is 1. The lowest BCUT2D eigenvalue weighted by molar-refractivity contribution is -0.118. The smallest absolute Gasteiger partial charge is 0.243 e. The Kier molecular flexibility index (Phi) is 7.09. The summed E-state index contributed by atoms with van der Waals surface area (Å²) in [6, 6.07) is 22.9. The van der Waals surface area contributed by atoms with Gasteiger partial charge in [-0.3, -0.25) is 4.79 Å². The molecule has 1 amide bonds. The quantitative estimate of drug-likeness (QED) is 0.536. The predicted octanol–water partition coefficient (Wildman–Crippen LogP) is 3.86. The number of amides is 1. The third-order valence-electron chi connectivity index (χ3n) is 5.01. The highest BCUT2D eigenvalue weighted by atomic mass is 32.2. The molecule has 0 saturated heterocycles. The van der Waals surface area contributed by atoms with E-state index in [0.29, 0.717) is 11.4 Å². The molecule has 0 bridgehead atoms. The molecule has 0 unspecified atom stereocenters. The zero-order valence-electron chi connectivity index (χ0n) is 17.9. The van der Waals surface area contributed by atoms with E-state index in [4.69, 9.17) is 4.74 Å². The first-order chi connectivity index (χ1) is 14.8. The molecule has 0 aromatic heterocycles. The van der Waals surface area contributed by atoms with Crippen molar-refractivity contribution >= 4 is 21.6 Å². The Hall–Kier alpha value is -3.16. The summed E-state index contributed by atoms with van der Waals surface area (Å²) in [5.41, 5.74) is 2.42. The van der Waals surface area contributed by atoms with E-state index in [1.807, 2.05) is 37.3 Å². The molecule has 162 valence electrons. The number of ether oxygens (including phenoxy) is 1. The number of hydrogen-bond acceptors (Lipinski definition) is 4.